The Bertz CT molecular complexity index is 656. The van der Waals surface area contributed by atoms with Crippen LogP contribution in [0.1, 0.15) is 39.7 Å². The molecule has 8 heteroatoms. The first-order chi connectivity index (χ1) is 14.2. The van der Waals surface area contributed by atoms with E-state index in [1.165, 1.54) is 0 Å². The van der Waals surface area contributed by atoms with Gasteiger partial charge in [0.2, 0.25) is 0 Å². The Morgan fingerprint density at radius 2 is 1.87 bits per heavy atom. The number of ether oxygens (including phenoxy) is 2. The number of guanidine groups is 1. The Kier molecular flexibility index (Phi) is 11.7. The highest BCUT2D eigenvalue weighted by Gasteiger charge is 2.15. The van der Waals surface area contributed by atoms with Gasteiger partial charge in [0.1, 0.15) is 18.0 Å². The first kappa shape index (κ1) is 25.6. The van der Waals surface area contributed by atoms with E-state index in [1.54, 1.807) is 0 Å². The SMILES string of the molecule is CCNC(=NCc1cccc(OCCN(C)C)c1)NCCCNC(=O)OC(C)(C)C. The van der Waals surface area contributed by atoms with Crippen molar-refractivity contribution >= 4 is 12.1 Å². The fourth-order valence-electron chi connectivity index (χ4n) is 2.39. The first-order valence-corrected chi connectivity index (χ1v) is 10.5. The lowest BCUT2D eigenvalue weighted by molar-refractivity contribution is 0.0527. The Morgan fingerprint density at radius 3 is 2.53 bits per heavy atom. The Labute approximate surface area is 181 Å². The molecule has 0 saturated heterocycles. The fraction of sp³-hybridized carbons (Fsp3) is 0.636. The number of likely N-dealkylation sites (N-methyl/N-ethyl adjacent to an activating group) is 1. The summed E-state index contributed by atoms with van der Waals surface area (Å²) in [7, 11) is 4.05. The molecule has 0 atom stereocenters. The van der Waals surface area contributed by atoms with E-state index < -0.39 is 11.7 Å². The van der Waals surface area contributed by atoms with E-state index in [0.717, 1.165) is 36.8 Å². The Morgan fingerprint density at radius 1 is 1.13 bits per heavy atom. The number of carbonyl (C=O) groups is 1. The molecule has 0 saturated carbocycles. The van der Waals surface area contributed by atoms with Gasteiger partial charge in [-0.15, -0.1) is 0 Å². The molecule has 30 heavy (non-hydrogen) atoms. The van der Waals surface area contributed by atoms with Gasteiger partial charge in [0, 0.05) is 26.2 Å². The number of carbonyl (C=O) groups excluding carboxylic acids is 1. The summed E-state index contributed by atoms with van der Waals surface area (Å²) in [6.07, 6.45) is 0.370. The molecule has 8 nitrogen and oxygen atoms in total. The van der Waals surface area contributed by atoms with Crippen molar-refractivity contribution in [2.24, 2.45) is 4.99 Å². The van der Waals surface area contributed by atoms with E-state index in [2.05, 4.69) is 25.8 Å². The number of hydrogen-bond acceptors (Lipinski definition) is 5. The number of rotatable bonds is 11. The van der Waals surface area contributed by atoms with Crippen LogP contribution in [0.2, 0.25) is 0 Å². The summed E-state index contributed by atoms with van der Waals surface area (Å²) in [4.78, 5) is 18.4. The third-order valence-electron chi connectivity index (χ3n) is 3.78. The minimum atomic E-state index is -0.484. The molecule has 170 valence electrons. The predicted octanol–water partition coefficient (Wildman–Crippen LogP) is 2.60. The van der Waals surface area contributed by atoms with Crippen molar-refractivity contribution in [1.82, 2.24) is 20.9 Å². The molecular formula is C22H39N5O3. The largest absolute Gasteiger partial charge is 0.492 e. The van der Waals surface area contributed by atoms with E-state index in [-0.39, 0.29) is 0 Å². The molecule has 0 spiro atoms. The number of aliphatic imine (C=N–C) groups is 1. The van der Waals surface area contributed by atoms with Crippen LogP contribution in [0, 0.1) is 0 Å². The molecule has 3 N–H and O–H groups in total. The molecule has 0 unspecified atom stereocenters. The van der Waals surface area contributed by atoms with Gasteiger partial charge in [0.25, 0.3) is 0 Å². The molecule has 0 aliphatic rings. The van der Waals surface area contributed by atoms with Crippen molar-refractivity contribution in [2.75, 3.05) is 46.9 Å². The number of nitrogens with zero attached hydrogens (tertiary/aromatic N) is 2. The molecular weight excluding hydrogens is 382 g/mol. The third kappa shape index (κ3) is 12.9. The number of amides is 1. The summed E-state index contributed by atoms with van der Waals surface area (Å²) in [6, 6.07) is 8.01. The second-order valence-electron chi connectivity index (χ2n) is 8.20. The van der Waals surface area contributed by atoms with Crippen molar-refractivity contribution in [3.63, 3.8) is 0 Å². The van der Waals surface area contributed by atoms with Gasteiger partial charge in [0.05, 0.1) is 6.54 Å². The zero-order valence-electron chi connectivity index (χ0n) is 19.4. The van der Waals surface area contributed by atoms with Gasteiger partial charge in [-0.1, -0.05) is 12.1 Å². The average molecular weight is 422 g/mol. The monoisotopic (exact) mass is 421 g/mol. The van der Waals surface area contributed by atoms with E-state index in [0.29, 0.717) is 26.2 Å². The number of benzene rings is 1. The van der Waals surface area contributed by atoms with Gasteiger partial charge < -0.3 is 30.3 Å². The highest BCUT2D eigenvalue weighted by atomic mass is 16.6. The maximum Gasteiger partial charge on any atom is 0.407 e. The minimum Gasteiger partial charge on any atom is -0.492 e. The molecule has 0 aromatic heterocycles. The first-order valence-electron chi connectivity index (χ1n) is 10.5. The topological polar surface area (TPSA) is 87.2 Å². The summed E-state index contributed by atoms with van der Waals surface area (Å²) < 4.78 is 11.0. The van der Waals surface area contributed by atoms with Crippen molar-refractivity contribution in [2.45, 2.75) is 46.3 Å². The van der Waals surface area contributed by atoms with Crippen molar-refractivity contribution in [3.8, 4) is 5.75 Å². The van der Waals surface area contributed by atoms with E-state index in [4.69, 9.17) is 9.47 Å². The minimum absolute atomic E-state index is 0.393. The lowest BCUT2D eigenvalue weighted by Gasteiger charge is -2.19. The number of nitrogens with one attached hydrogen (secondary N) is 3. The molecule has 1 aromatic carbocycles. The molecule has 1 aromatic rings. The van der Waals surface area contributed by atoms with Crippen LogP contribution >= 0.6 is 0 Å². The van der Waals surface area contributed by atoms with Crippen LogP contribution in [0.4, 0.5) is 4.79 Å². The summed E-state index contributed by atoms with van der Waals surface area (Å²) in [5, 5.41) is 9.27. The van der Waals surface area contributed by atoms with E-state index in [9.17, 15) is 4.79 Å². The lowest BCUT2D eigenvalue weighted by Crippen LogP contribution is -2.39. The second-order valence-corrected chi connectivity index (χ2v) is 8.20. The zero-order valence-corrected chi connectivity index (χ0v) is 19.4. The van der Waals surface area contributed by atoms with E-state index in [1.807, 2.05) is 66.1 Å². The highest BCUT2D eigenvalue weighted by molar-refractivity contribution is 5.79. The van der Waals surface area contributed by atoms with Crippen LogP contribution in [-0.4, -0.2) is 69.4 Å². The Hall–Kier alpha value is -2.48. The maximum atomic E-state index is 11.6. The van der Waals surface area contributed by atoms with Crippen LogP contribution in [0.5, 0.6) is 5.75 Å². The van der Waals surface area contributed by atoms with Crippen LogP contribution in [0.3, 0.4) is 0 Å². The van der Waals surface area contributed by atoms with Crippen LogP contribution in [0.15, 0.2) is 29.3 Å². The number of hydrogen-bond donors (Lipinski definition) is 3. The summed E-state index contributed by atoms with van der Waals surface area (Å²) in [6.45, 7) is 11.6. The third-order valence-corrected chi connectivity index (χ3v) is 3.78. The van der Waals surface area contributed by atoms with Gasteiger partial charge in [-0.05, 0) is 65.9 Å². The van der Waals surface area contributed by atoms with Crippen molar-refractivity contribution < 1.29 is 14.3 Å². The molecule has 0 fully saturated rings. The summed E-state index contributed by atoms with van der Waals surface area (Å²) in [5.74, 6) is 1.60. The smallest absolute Gasteiger partial charge is 0.407 e. The average Bonchev–Trinajstić information content (AvgIpc) is 2.64. The zero-order chi connectivity index (χ0) is 22.4. The molecule has 1 amide bonds. The fourth-order valence-corrected chi connectivity index (χ4v) is 2.39. The van der Waals surface area contributed by atoms with Crippen LogP contribution < -0.4 is 20.7 Å². The van der Waals surface area contributed by atoms with Gasteiger partial charge in [-0.25, -0.2) is 9.79 Å². The quantitative estimate of drug-likeness (QED) is 0.289. The number of alkyl carbamates (subject to hydrolysis) is 1. The molecule has 0 aliphatic heterocycles. The highest BCUT2D eigenvalue weighted by Crippen LogP contribution is 2.14. The second kappa shape index (κ2) is 13.7. The molecule has 1 rings (SSSR count). The van der Waals surface area contributed by atoms with Gasteiger partial charge >= 0.3 is 6.09 Å². The van der Waals surface area contributed by atoms with Crippen LogP contribution in [-0.2, 0) is 11.3 Å². The lowest BCUT2D eigenvalue weighted by atomic mass is 10.2. The van der Waals surface area contributed by atoms with E-state index >= 15 is 0 Å². The normalized spacial score (nSPS) is 11.9. The molecule has 0 bridgehead atoms. The molecule has 0 aliphatic carbocycles. The standard InChI is InChI=1S/C22H39N5O3/c1-7-23-20(24-12-9-13-25-21(28)30-22(2,3)4)26-17-18-10-8-11-19(16-18)29-15-14-27(5)6/h8,10-11,16H,7,9,12-15,17H2,1-6H3,(H,25,28)(H2,23,24,26). The Balaban J connectivity index is 2.42. The van der Waals surface area contributed by atoms with Gasteiger partial charge in [-0.2, -0.15) is 0 Å². The predicted molar refractivity (Wildman–Crippen MR) is 122 cm³/mol. The van der Waals surface area contributed by atoms with Crippen molar-refractivity contribution in [1.29, 1.82) is 0 Å². The van der Waals surface area contributed by atoms with Gasteiger partial charge in [-0.3, -0.25) is 0 Å². The summed E-state index contributed by atoms with van der Waals surface area (Å²) in [5.41, 5.74) is 0.600. The van der Waals surface area contributed by atoms with Crippen molar-refractivity contribution in [3.05, 3.63) is 29.8 Å². The van der Waals surface area contributed by atoms with Crippen LogP contribution in [0.25, 0.3) is 0 Å². The molecule has 0 heterocycles. The molecule has 0 radical (unpaired) electrons. The maximum absolute atomic E-state index is 11.6. The van der Waals surface area contributed by atoms with Gasteiger partial charge in [0.15, 0.2) is 5.96 Å². The summed E-state index contributed by atoms with van der Waals surface area (Å²) >= 11 is 0.